The van der Waals surface area contributed by atoms with Gasteiger partial charge in [0.2, 0.25) is 5.91 Å². The van der Waals surface area contributed by atoms with Crippen LogP contribution in [0.15, 0.2) is 24.8 Å². The van der Waals surface area contributed by atoms with Crippen molar-refractivity contribution in [1.82, 2.24) is 24.8 Å². The van der Waals surface area contributed by atoms with Crippen LogP contribution < -0.4 is 5.32 Å². The van der Waals surface area contributed by atoms with E-state index in [2.05, 4.69) is 25.3 Å². The maximum Gasteiger partial charge on any atom is 0.244 e. The van der Waals surface area contributed by atoms with E-state index < -0.39 is 5.82 Å². The average molecular weight is 302 g/mol. The van der Waals surface area contributed by atoms with Gasteiger partial charge < -0.3 is 10.2 Å². The van der Waals surface area contributed by atoms with Crippen molar-refractivity contribution in [3.05, 3.63) is 30.6 Å². The van der Waals surface area contributed by atoms with Gasteiger partial charge in [-0.05, 0) is 13.3 Å². The second kappa shape index (κ2) is 6.00. The van der Waals surface area contributed by atoms with Gasteiger partial charge in [-0.2, -0.15) is 0 Å². The van der Waals surface area contributed by atoms with Gasteiger partial charge in [0.25, 0.3) is 0 Å². The maximum absolute atomic E-state index is 12.8. The van der Waals surface area contributed by atoms with Crippen molar-refractivity contribution < 1.29 is 9.18 Å². The van der Waals surface area contributed by atoms with E-state index in [1.54, 1.807) is 17.9 Å². The number of rotatable bonds is 4. The molecule has 8 heteroatoms. The molecule has 0 unspecified atom stereocenters. The van der Waals surface area contributed by atoms with Crippen LogP contribution >= 0.6 is 0 Å². The van der Waals surface area contributed by atoms with Crippen LogP contribution in [0.5, 0.6) is 0 Å². The Labute approximate surface area is 126 Å². The van der Waals surface area contributed by atoms with Crippen LogP contribution in [-0.4, -0.2) is 49.9 Å². The quantitative estimate of drug-likeness (QED) is 0.910. The Morgan fingerprint density at radius 3 is 2.64 bits per heavy atom. The lowest BCUT2D eigenvalue weighted by molar-refractivity contribution is -0.135. The normalized spacial score (nSPS) is 15.1. The number of halogens is 1. The first-order valence-corrected chi connectivity index (χ1v) is 6.99. The van der Waals surface area contributed by atoms with Gasteiger partial charge in [0, 0.05) is 19.2 Å². The van der Waals surface area contributed by atoms with Gasteiger partial charge in [-0.15, -0.1) is 0 Å². The van der Waals surface area contributed by atoms with E-state index in [9.17, 15) is 9.18 Å². The number of nitrogens with one attached hydrogen (secondary N) is 1. The number of carbonyl (C=O) groups excluding carboxylic acids is 1. The molecule has 1 amide bonds. The fourth-order valence-electron chi connectivity index (χ4n) is 2.10. The standard InChI is InChI=1S/C14H15FN6O/c1-9(14(22)21-3-2-4-21)20-12-5-11(18-8-19-12)13-16-6-10(15)7-17-13/h5-9H,2-4H2,1H3,(H,18,19,20)/t9-/m1/s1. The molecular weight excluding hydrogens is 287 g/mol. The van der Waals surface area contributed by atoms with E-state index in [4.69, 9.17) is 0 Å². The zero-order chi connectivity index (χ0) is 15.5. The highest BCUT2D eigenvalue weighted by Crippen LogP contribution is 2.16. The van der Waals surface area contributed by atoms with Crippen molar-refractivity contribution in [1.29, 1.82) is 0 Å². The topological polar surface area (TPSA) is 83.9 Å². The summed E-state index contributed by atoms with van der Waals surface area (Å²) in [7, 11) is 0. The zero-order valence-corrected chi connectivity index (χ0v) is 12.0. The lowest BCUT2D eigenvalue weighted by Gasteiger charge is -2.33. The van der Waals surface area contributed by atoms with Crippen LogP contribution in [0.2, 0.25) is 0 Å². The third kappa shape index (κ3) is 3.00. The molecule has 1 atom stereocenters. The fraction of sp³-hybridized carbons (Fsp3) is 0.357. The van der Waals surface area contributed by atoms with Crippen molar-refractivity contribution >= 4 is 11.7 Å². The molecule has 114 valence electrons. The summed E-state index contributed by atoms with van der Waals surface area (Å²) >= 11 is 0. The van der Waals surface area contributed by atoms with E-state index in [1.165, 1.54) is 6.33 Å². The summed E-state index contributed by atoms with van der Waals surface area (Å²) in [5.41, 5.74) is 0.459. The lowest BCUT2D eigenvalue weighted by atomic mass is 10.2. The molecule has 22 heavy (non-hydrogen) atoms. The molecule has 7 nitrogen and oxygen atoms in total. The van der Waals surface area contributed by atoms with Crippen molar-refractivity contribution in [2.24, 2.45) is 0 Å². The van der Waals surface area contributed by atoms with Gasteiger partial charge >= 0.3 is 0 Å². The van der Waals surface area contributed by atoms with Gasteiger partial charge in [-0.3, -0.25) is 4.79 Å². The third-order valence-corrected chi connectivity index (χ3v) is 3.42. The van der Waals surface area contributed by atoms with E-state index in [1.807, 2.05) is 0 Å². The largest absolute Gasteiger partial charge is 0.359 e. The lowest BCUT2D eigenvalue weighted by Crippen LogP contribution is -2.48. The summed E-state index contributed by atoms with van der Waals surface area (Å²) in [6.45, 7) is 3.41. The van der Waals surface area contributed by atoms with Crippen molar-refractivity contribution in [2.45, 2.75) is 19.4 Å². The van der Waals surface area contributed by atoms with Crippen molar-refractivity contribution in [3.63, 3.8) is 0 Å². The number of likely N-dealkylation sites (tertiary alicyclic amines) is 1. The highest BCUT2D eigenvalue weighted by molar-refractivity contribution is 5.84. The number of amides is 1. The Bertz CT molecular complexity index is 673. The highest BCUT2D eigenvalue weighted by atomic mass is 19.1. The molecule has 1 aliphatic rings. The van der Waals surface area contributed by atoms with Crippen molar-refractivity contribution in [3.8, 4) is 11.5 Å². The maximum atomic E-state index is 12.8. The van der Waals surface area contributed by atoms with E-state index in [0.717, 1.165) is 31.9 Å². The minimum atomic E-state index is -0.509. The molecule has 2 aromatic heterocycles. The number of nitrogens with zero attached hydrogens (tertiary/aromatic N) is 5. The van der Waals surface area contributed by atoms with Crippen LogP contribution in [-0.2, 0) is 4.79 Å². The Kier molecular flexibility index (Phi) is 3.90. The molecule has 1 aliphatic heterocycles. The van der Waals surface area contributed by atoms with Gasteiger partial charge in [0.1, 0.15) is 23.9 Å². The molecule has 0 aromatic carbocycles. The summed E-state index contributed by atoms with van der Waals surface area (Å²) in [4.78, 5) is 29.8. The molecule has 0 aliphatic carbocycles. The van der Waals surface area contributed by atoms with Crippen LogP contribution in [0.25, 0.3) is 11.5 Å². The first kappa shape index (κ1) is 14.3. The predicted molar refractivity (Wildman–Crippen MR) is 77.3 cm³/mol. The fourth-order valence-corrected chi connectivity index (χ4v) is 2.10. The summed E-state index contributed by atoms with van der Waals surface area (Å²) < 4.78 is 12.8. The third-order valence-electron chi connectivity index (χ3n) is 3.42. The van der Waals surface area contributed by atoms with Crippen LogP contribution in [0, 0.1) is 5.82 Å². The Morgan fingerprint density at radius 2 is 2.00 bits per heavy atom. The van der Waals surface area contributed by atoms with E-state index >= 15 is 0 Å². The average Bonchev–Trinajstić information content (AvgIpc) is 2.46. The van der Waals surface area contributed by atoms with Gasteiger partial charge in [0.15, 0.2) is 11.6 Å². The molecule has 3 heterocycles. The number of aromatic nitrogens is 4. The van der Waals surface area contributed by atoms with E-state index in [-0.39, 0.29) is 11.9 Å². The number of hydrogen-bond donors (Lipinski definition) is 1. The summed E-state index contributed by atoms with van der Waals surface area (Å²) in [6.07, 6.45) is 4.56. The summed E-state index contributed by atoms with van der Waals surface area (Å²) in [5.74, 6) is 0.335. The van der Waals surface area contributed by atoms with E-state index in [0.29, 0.717) is 17.3 Å². The molecule has 0 bridgehead atoms. The summed E-state index contributed by atoms with van der Waals surface area (Å²) in [5, 5.41) is 3.04. The second-order valence-electron chi connectivity index (χ2n) is 5.06. The van der Waals surface area contributed by atoms with Gasteiger partial charge in [-0.25, -0.2) is 24.3 Å². The number of anilines is 1. The molecule has 0 radical (unpaired) electrons. The Balaban J connectivity index is 1.73. The number of hydrogen-bond acceptors (Lipinski definition) is 6. The molecule has 0 saturated carbocycles. The second-order valence-corrected chi connectivity index (χ2v) is 5.06. The SMILES string of the molecule is C[C@@H](Nc1cc(-c2ncc(F)cn2)ncn1)C(=O)N1CCC1. The van der Waals surface area contributed by atoms with Gasteiger partial charge in [0.05, 0.1) is 12.4 Å². The molecule has 0 spiro atoms. The molecule has 1 fully saturated rings. The first-order chi connectivity index (χ1) is 10.6. The Morgan fingerprint density at radius 1 is 1.27 bits per heavy atom. The zero-order valence-electron chi connectivity index (χ0n) is 12.0. The first-order valence-electron chi connectivity index (χ1n) is 6.99. The molecule has 1 saturated heterocycles. The Hall–Kier alpha value is -2.64. The van der Waals surface area contributed by atoms with Crippen LogP contribution in [0.4, 0.5) is 10.2 Å². The predicted octanol–water partition coefficient (Wildman–Crippen LogP) is 1.11. The van der Waals surface area contributed by atoms with Gasteiger partial charge in [-0.1, -0.05) is 0 Å². The smallest absolute Gasteiger partial charge is 0.244 e. The molecule has 1 N–H and O–H groups in total. The van der Waals surface area contributed by atoms with Crippen LogP contribution in [0.3, 0.4) is 0 Å². The van der Waals surface area contributed by atoms with Crippen LogP contribution in [0.1, 0.15) is 13.3 Å². The van der Waals surface area contributed by atoms with Crippen molar-refractivity contribution in [2.75, 3.05) is 18.4 Å². The number of carbonyl (C=O) groups is 1. The molecule has 3 rings (SSSR count). The molecular formula is C14H15FN6O. The highest BCUT2D eigenvalue weighted by Gasteiger charge is 2.25. The minimum absolute atomic E-state index is 0.0458. The molecule has 2 aromatic rings. The minimum Gasteiger partial charge on any atom is -0.359 e. The monoisotopic (exact) mass is 302 g/mol. The summed E-state index contributed by atoms with van der Waals surface area (Å²) in [6, 6.07) is 1.25.